The summed E-state index contributed by atoms with van der Waals surface area (Å²) in [5, 5.41) is 11.2. The molecule has 1 aliphatic heterocycles. The molecule has 0 unspecified atom stereocenters. The molecule has 1 saturated heterocycles. The van der Waals surface area contributed by atoms with Gasteiger partial charge in [0.05, 0.1) is 12.2 Å². The largest absolute Gasteiger partial charge is 0.348 e. The average molecular weight is 326 g/mol. The molecule has 5 nitrogen and oxygen atoms in total. The Bertz CT molecular complexity index is 667. The minimum Gasteiger partial charge on any atom is -0.348 e. The summed E-state index contributed by atoms with van der Waals surface area (Å²) < 4.78 is 1.79. The van der Waals surface area contributed by atoms with E-state index >= 15 is 0 Å². The van der Waals surface area contributed by atoms with E-state index in [4.69, 9.17) is 0 Å². The fraction of sp³-hybridized carbons (Fsp3) is 0.474. The number of carbonyl (C=O) groups excluding carboxylic acids is 1. The Hall–Kier alpha value is -2.14. The van der Waals surface area contributed by atoms with E-state index < -0.39 is 0 Å². The summed E-state index contributed by atoms with van der Waals surface area (Å²) in [6.07, 6.45) is 7.33. The fourth-order valence-corrected chi connectivity index (χ4v) is 3.42. The molecule has 0 spiro atoms. The lowest BCUT2D eigenvalue weighted by molar-refractivity contribution is -0.124. The number of hydrogen-bond acceptors (Lipinski definition) is 3. The zero-order chi connectivity index (χ0) is 16.9. The Labute approximate surface area is 143 Å². The summed E-state index contributed by atoms with van der Waals surface area (Å²) in [5.74, 6) is 0.123. The van der Waals surface area contributed by atoms with Gasteiger partial charge in [-0.15, -0.1) is 0 Å². The van der Waals surface area contributed by atoms with Gasteiger partial charge in [0, 0.05) is 37.3 Å². The van der Waals surface area contributed by atoms with Crippen LogP contribution in [-0.4, -0.2) is 27.8 Å². The van der Waals surface area contributed by atoms with Gasteiger partial charge in [0.15, 0.2) is 0 Å². The molecule has 0 aliphatic carbocycles. The zero-order valence-electron chi connectivity index (χ0n) is 14.4. The first-order valence-corrected chi connectivity index (χ1v) is 8.73. The van der Waals surface area contributed by atoms with Gasteiger partial charge in [-0.2, -0.15) is 5.10 Å². The molecule has 24 heavy (non-hydrogen) atoms. The van der Waals surface area contributed by atoms with E-state index in [1.54, 1.807) is 4.68 Å². The monoisotopic (exact) mass is 326 g/mol. The lowest BCUT2D eigenvalue weighted by Gasteiger charge is -2.35. The molecule has 2 aromatic rings. The van der Waals surface area contributed by atoms with Crippen molar-refractivity contribution in [2.75, 3.05) is 0 Å². The van der Waals surface area contributed by atoms with Crippen LogP contribution >= 0.6 is 0 Å². The number of aromatic nitrogens is 2. The second-order valence-electron chi connectivity index (χ2n) is 6.60. The normalized spacial score (nSPS) is 22.2. The fourth-order valence-electron chi connectivity index (χ4n) is 3.42. The highest BCUT2D eigenvalue weighted by Crippen LogP contribution is 2.25. The van der Waals surface area contributed by atoms with E-state index in [-0.39, 0.29) is 18.0 Å². The molecular formula is C19H26N4O. The van der Waals surface area contributed by atoms with E-state index in [1.807, 2.05) is 25.5 Å². The molecule has 1 aliphatic rings. The Morgan fingerprint density at radius 2 is 2.17 bits per heavy atom. The lowest BCUT2D eigenvalue weighted by atomic mass is 9.92. The smallest absolute Gasteiger partial charge is 0.220 e. The van der Waals surface area contributed by atoms with Crippen LogP contribution in [-0.2, 0) is 18.3 Å². The minimum absolute atomic E-state index is 0.00947. The van der Waals surface area contributed by atoms with Crippen molar-refractivity contribution < 1.29 is 4.79 Å². The van der Waals surface area contributed by atoms with Crippen molar-refractivity contribution in [1.29, 1.82) is 0 Å². The quantitative estimate of drug-likeness (QED) is 0.857. The van der Waals surface area contributed by atoms with Crippen LogP contribution in [0.3, 0.4) is 0 Å². The van der Waals surface area contributed by atoms with Crippen molar-refractivity contribution >= 4 is 5.91 Å². The van der Waals surface area contributed by atoms with Gasteiger partial charge in [0.1, 0.15) is 0 Å². The SMILES string of the molecule is CC[C@@H](Cc1ccccc1)N[C@@H]1CCC(=O)N[C@H]1c1cnn(C)c1. The summed E-state index contributed by atoms with van der Waals surface area (Å²) in [7, 11) is 1.90. The van der Waals surface area contributed by atoms with Gasteiger partial charge in [0.2, 0.25) is 5.91 Å². The van der Waals surface area contributed by atoms with Crippen LogP contribution in [0.15, 0.2) is 42.7 Å². The minimum atomic E-state index is -0.00947. The van der Waals surface area contributed by atoms with Gasteiger partial charge < -0.3 is 10.6 Å². The average Bonchev–Trinajstić information content (AvgIpc) is 3.03. The third kappa shape index (κ3) is 4.03. The predicted octanol–water partition coefficient (Wildman–Crippen LogP) is 2.35. The standard InChI is InChI=1S/C19H26N4O/c1-3-16(11-14-7-5-4-6-8-14)21-17-9-10-18(24)22-19(17)15-12-20-23(2)13-15/h4-8,12-13,16-17,19,21H,3,9-11H2,1-2H3,(H,22,24)/t16-,17+,19-/m0/s1. The molecule has 0 saturated carbocycles. The van der Waals surface area contributed by atoms with Crippen LogP contribution in [0.25, 0.3) is 0 Å². The van der Waals surface area contributed by atoms with Gasteiger partial charge in [-0.1, -0.05) is 37.3 Å². The van der Waals surface area contributed by atoms with Gasteiger partial charge >= 0.3 is 0 Å². The molecule has 128 valence electrons. The summed E-state index contributed by atoms with van der Waals surface area (Å²) in [4.78, 5) is 11.9. The summed E-state index contributed by atoms with van der Waals surface area (Å²) in [6, 6.07) is 11.2. The first kappa shape index (κ1) is 16.7. The van der Waals surface area contributed by atoms with E-state index in [1.165, 1.54) is 5.56 Å². The zero-order valence-corrected chi connectivity index (χ0v) is 14.4. The molecule has 2 heterocycles. The number of carbonyl (C=O) groups is 1. The Morgan fingerprint density at radius 3 is 2.83 bits per heavy atom. The van der Waals surface area contributed by atoms with Crippen LogP contribution in [0, 0.1) is 0 Å². The third-order valence-electron chi connectivity index (χ3n) is 4.75. The number of piperidine rings is 1. The molecule has 1 amide bonds. The van der Waals surface area contributed by atoms with Crippen molar-refractivity contribution in [3.05, 3.63) is 53.9 Å². The number of amides is 1. The molecular weight excluding hydrogens is 300 g/mol. The van der Waals surface area contributed by atoms with E-state index in [0.717, 1.165) is 24.8 Å². The number of nitrogens with zero attached hydrogens (tertiary/aromatic N) is 2. The molecule has 5 heteroatoms. The second-order valence-corrected chi connectivity index (χ2v) is 6.60. The van der Waals surface area contributed by atoms with Gasteiger partial charge in [-0.25, -0.2) is 0 Å². The molecule has 2 N–H and O–H groups in total. The van der Waals surface area contributed by atoms with E-state index in [9.17, 15) is 4.79 Å². The van der Waals surface area contributed by atoms with Crippen LogP contribution in [0.2, 0.25) is 0 Å². The van der Waals surface area contributed by atoms with Crippen molar-refractivity contribution in [2.24, 2.45) is 7.05 Å². The van der Waals surface area contributed by atoms with E-state index in [2.05, 4.69) is 46.9 Å². The molecule has 1 fully saturated rings. The molecule has 1 aromatic carbocycles. The van der Waals surface area contributed by atoms with E-state index in [0.29, 0.717) is 12.5 Å². The first-order valence-electron chi connectivity index (χ1n) is 8.73. The van der Waals surface area contributed by atoms with Gasteiger partial charge in [0.25, 0.3) is 0 Å². The van der Waals surface area contributed by atoms with Crippen LogP contribution < -0.4 is 10.6 Å². The van der Waals surface area contributed by atoms with Crippen molar-refractivity contribution in [3.8, 4) is 0 Å². The summed E-state index contributed by atoms with van der Waals surface area (Å²) >= 11 is 0. The summed E-state index contributed by atoms with van der Waals surface area (Å²) in [6.45, 7) is 2.21. The maximum atomic E-state index is 11.9. The van der Waals surface area contributed by atoms with Gasteiger partial charge in [-0.3, -0.25) is 9.48 Å². The number of hydrogen-bond donors (Lipinski definition) is 2. The highest BCUT2D eigenvalue weighted by atomic mass is 16.1. The van der Waals surface area contributed by atoms with Crippen molar-refractivity contribution in [2.45, 2.75) is 50.7 Å². The number of rotatable bonds is 6. The van der Waals surface area contributed by atoms with Crippen molar-refractivity contribution in [3.63, 3.8) is 0 Å². The second kappa shape index (κ2) is 7.62. The van der Waals surface area contributed by atoms with Crippen LogP contribution in [0.4, 0.5) is 0 Å². The molecule has 0 radical (unpaired) electrons. The number of aryl methyl sites for hydroxylation is 1. The maximum Gasteiger partial charge on any atom is 0.220 e. The Morgan fingerprint density at radius 1 is 1.38 bits per heavy atom. The highest BCUT2D eigenvalue weighted by Gasteiger charge is 2.31. The van der Waals surface area contributed by atoms with Crippen LogP contribution in [0.5, 0.6) is 0 Å². The number of benzene rings is 1. The Kier molecular flexibility index (Phi) is 5.30. The first-order chi connectivity index (χ1) is 11.7. The molecule has 3 atom stereocenters. The maximum absolute atomic E-state index is 11.9. The molecule has 0 bridgehead atoms. The predicted molar refractivity (Wildman–Crippen MR) is 94.5 cm³/mol. The van der Waals surface area contributed by atoms with Crippen molar-refractivity contribution in [1.82, 2.24) is 20.4 Å². The Balaban J connectivity index is 1.71. The van der Waals surface area contributed by atoms with Gasteiger partial charge in [-0.05, 0) is 24.8 Å². The summed E-state index contributed by atoms with van der Waals surface area (Å²) in [5.41, 5.74) is 2.41. The number of nitrogens with one attached hydrogen (secondary N) is 2. The molecule has 1 aromatic heterocycles. The highest BCUT2D eigenvalue weighted by molar-refractivity contribution is 5.77. The third-order valence-corrected chi connectivity index (χ3v) is 4.75. The molecule has 3 rings (SSSR count). The topological polar surface area (TPSA) is 59.0 Å². The lowest BCUT2D eigenvalue weighted by Crippen LogP contribution is -2.51. The van der Waals surface area contributed by atoms with Crippen LogP contribution in [0.1, 0.15) is 43.4 Å².